The highest BCUT2D eigenvalue weighted by atomic mass is 16.6. The number of ether oxygens (including phenoxy) is 1. The SMILES string of the molecule is CCOC(=O)N1CCN(C(=O)c2cc3c(=O)[nH]c4ccccc4c3n2C)CC1. The van der Waals surface area contributed by atoms with Crippen molar-refractivity contribution in [2.24, 2.45) is 7.05 Å². The molecule has 0 spiro atoms. The minimum atomic E-state index is -0.350. The quantitative estimate of drug-likeness (QED) is 0.734. The van der Waals surface area contributed by atoms with E-state index in [9.17, 15) is 14.4 Å². The highest BCUT2D eigenvalue weighted by Gasteiger charge is 2.27. The summed E-state index contributed by atoms with van der Waals surface area (Å²) in [5.74, 6) is -0.148. The lowest BCUT2D eigenvalue weighted by molar-refractivity contribution is 0.0563. The third-order valence-corrected chi connectivity index (χ3v) is 5.22. The van der Waals surface area contributed by atoms with Gasteiger partial charge in [0.15, 0.2) is 0 Å². The zero-order valence-electron chi connectivity index (χ0n) is 15.9. The van der Waals surface area contributed by atoms with E-state index in [1.807, 2.05) is 24.3 Å². The van der Waals surface area contributed by atoms with Crippen molar-refractivity contribution in [2.75, 3.05) is 32.8 Å². The van der Waals surface area contributed by atoms with Gasteiger partial charge in [0.2, 0.25) is 0 Å². The van der Waals surface area contributed by atoms with E-state index < -0.39 is 0 Å². The molecule has 8 nitrogen and oxygen atoms in total. The van der Waals surface area contributed by atoms with Gasteiger partial charge in [-0.3, -0.25) is 9.59 Å². The lowest BCUT2D eigenvalue weighted by Gasteiger charge is -2.34. The molecule has 2 aromatic heterocycles. The molecule has 1 aliphatic heterocycles. The number of para-hydroxylation sites is 1. The van der Waals surface area contributed by atoms with E-state index in [4.69, 9.17) is 4.74 Å². The first kappa shape index (κ1) is 18.1. The van der Waals surface area contributed by atoms with Crippen LogP contribution in [-0.4, -0.2) is 64.1 Å². The van der Waals surface area contributed by atoms with Gasteiger partial charge in [-0.15, -0.1) is 0 Å². The molecule has 1 aromatic carbocycles. The number of rotatable bonds is 2. The number of piperazine rings is 1. The Labute approximate surface area is 161 Å². The van der Waals surface area contributed by atoms with E-state index in [-0.39, 0.29) is 17.6 Å². The largest absolute Gasteiger partial charge is 0.450 e. The molecular weight excluding hydrogens is 360 g/mol. The summed E-state index contributed by atoms with van der Waals surface area (Å²) in [7, 11) is 1.80. The molecule has 146 valence electrons. The van der Waals surface area contributed by atoms with Gasteiger partial charge in [-0.05, 0) is 19.1 Å². The Morgan fingerprint density at radius 2 is 1.75 bits per heavy atom. The standard InChI is InChI=1S/C20H22N4O4/c1-3-28-20(27)24-10-8-23(9-11-24)19(26)16-12-14-17(22(16)2)13-6-4-5-7-15(13)21-18(14)25/h4-7,12H,3,8-11H2,1-2H3,(H,21,25). The van der Waals surface area contributed by atoms with Gasteiger partial charge >= 0.3 is 6.09 Å². The van der Waals surface area contributed by atoms with Crippen molar-refractivity contribution in [3.8, 4) is 0 Å². The zero-order chi connectivity index (χ0) is 19.8. The summed E-state index contributed by atoms with van der Waals surface area (Å²) in [6.45, 7) is 3.81. The Hall–Kier alpha value is -3.29. The first-order valence-electron chi connectivity index (χ1n) is 9.32. The van der Waals surface area contributed by atoms with Crippen LogP contribution in [0, 0.1) is 0 Å². The van der Waals surface area contributed by atoms with Crippen LogP contribution in [0.2, 0.25) is 0 Å². The molecule has 8 heteroatoms. The average molecular weight is 382 g/mol. The van der Waals surface area contributed by atoms with Crippen molar-refractivity contribution < 1.29 is 14.3 Å². The molecule has 0 bridgehead atoms. The van der Waals surface area contributed by atoms with Crippen LogP contribution in [-0.2, 0) is 11.8 Å². The molecule has 3 heterocycles. The number of hydrogen-bond donors (Lipinski definition) is 1. The van der Waals surface area contributed by atoms with Gasteiger partial charge in [-0.1, -0.05) is 18.2 Å². The number of fused-ring (bicyclic) bond motifs is 3. The maximum atomic E-state index is 13.1. The second-order valence-electron chi connectivity index (χ2n) is 6.83. The van der Waals surface area contributed by atoms with Crippen molar-refractivity contribution >= 4 is 33.8 Å². The number of carbonyl (C=O) groups excluding carboxylic acids is 2. The first-order valence-corrected chi connectivity index (χ1v) is 9.32. The number of amides is 2. The van der Waals surface area contributed by atoms with E-state index in [2.05, 4.69) is 4.98 Å². The molecule has 0 unspecified atom stereocenters. The van der Waals surface area contributed by atoms with Crippen LogP contribution in [0.25, 0.3) is 21.8 Å². The molecule has 0 saturated carbocycles. The van der Waals surface area contributed by atoms with Crippen molar-refractivity contribution in [3.05, 3.63) is 46.4 Å². The summed E-state index contributed by atoms with van der Waals surface area (Å²) in [5, 5.41) is 1.39. The fourth-order valence-electron chi connectivity index (χ4n) is 3.76. The predicted octanol–water partition coefficient (Wildman–Crippen LogP) is 1.93. The van der Waals surface area contributed by atoms with Crippen LogP contribution >= 0.6 is 0 Å². The molecule has 28 heavy (non-hydrogen) atoms. The number of benzene rings is 1. The third-order valence-electron chi connectivity index (χ3n) is 5.22. The van der Waals surface area contributed by atoms with E-state index in [0.717, 1.165) is 16.4 Å². The van der Waals surface area contributed by atoms with Crippen LogP contribution in [0.15, 0.2) is 35.1 Å². The number of nitrogens with one attached hydrogen (secondary N) is 1. The lowest BCUT2D eigenvalue weighted by atomic mass is 10.1. The molecule has 1 aliphatic rings. The highest BCUT2D eigenvalue weighted by molar-refractivity contribution is 6.07. The molecule has 1 saturated heterocycles. The summed E-state index contributed by atoms with van der Waals surface area (Å²) >= 11 is 0. The van der Waals surface area contributed by atoms with E-state index in [0.29, 0.717) is 43.9 Å². The molecule has 0 radical (unpaired) electrons. The lowest BCUT2D eigenvalue weighted by Crippen LogP contribution is -2.51. The number of carbonyl (C=O) groups is 2. The zero-order valence-corrected chi connectivity index (χ0v) is 15.9. The maximum Gasteiger partial charge on any atom is 0.409 e. The molecular formula is C20H22N4O4. The van der Waals surface area contributed by atoms with Crippen LogP contribution < -0.4 is 5.56 Å². The Kier molecular flexibility index (Phi) is 4.54. The molecule has 2 amide bonds. The Balaban J connectivity index is 1.65. The van der Waals surface area contributed by atoms with Gasteiger partial charge < -0.3 is 24.1 Å². The second kappa shape index (κ2) is 7.03. The summed E-state index contributed by atoms with van der Waals surface area (Å²) in [4.78, 5) is 43.6. The Morgan fingerprint density at radius 1 is 1.07 bits per heavy atom. The van der Waals surface area contributed by atoms with Gasteiger partial charge in [-0.25, -0.2) is 4.79 Å². The van der Waals surface area contributed by atoms with Crippen LogP contribution in [0.4, 0.5) is 4.79 Å². The van der Waals surface area contributed by atoms with Gasteiger partial charge in [-0.2, -0.15) is 0 Å². The van der Waals surface area contributed by atoms with Gasteiger partial charge in [0, 0.05) is 38.6 Å². The monoisotopic (exact) mass is 382 g/mol. The maximum absolute atomic E-state index is 13.1. The summed E-state index contributed by atoms with van der Waals surface area (Å²) in [6, 6.07) is 9.20. The van der Waals surface area contributed by atoms with E-state index >= 15 is 0 Å². The summed E-state index contributed by atoms with van der Waals surface area (Å²) in [5.41, 5.74) is 1.73. The highest BCUT2D eigenvalue weighted by Crippen LogP contribution is 2.24. The van der Waals surface area contributed by atoms with Gasteiger partial charge in [0.1, 0.15) is 5.69 Å². The fourth-order valence-corrected chi connectivity index (χ4v) is 3.76. The number of hydrogen-bond acceptors (Lipinski definition) is 4. The van der Waals surface area contributed by atoms with Crippen molar-refractivity contribution in [1.82, 2.24) is 19.4 Å². The topological polar surface area (TPSA) is 87.6 Å². The van der Waals surface area contributed by atoms with Crippen LogP contribution in [0.1, 0.15) is 17.4 Å². The van der Waals surface area contributed by atoms with Crippen molar-refractivity contribution in [2.45, 2.75) is 6.92 Å². The van der Waals surface area contributed by atoms with Gasteiger partial charge in [0.25, 0.3) is 11.5 Å². The average Bonchev–Trinajstić information content (AvgIpc) is 3.06. The molecule has 4 rings (SSSR count). The van der Waals surface area contributed by atoms with Crippen molar-refractivity contribution in [3.63, 3.8) is 0 Å². The minimum Gasteiger partial charge on any atom is -0.450 e. The van der Waals surface area contributed by atoms with E-state index in [1.165, 1.54) is 0 Å². The number of aromatic nitrogens is 2. The normalized spacial score (nSPS) is 14.6. The van der Waals surface area contributed by atoms with Crippen LogP contribution in [0.3, 0.4) is 0 Å². The Bertz CT molecular complexity index is 1120. The number of pyridine rings is 1. The first-order chi connectivity index (χ1) is 13.5. The van der Waals surface area contributed by atoms with Crippen molar-refractivity contribution in [1.29, 1.82) is 0 Å². The molecule has 0 aliphatic carbocycles. The second-order valence-corrected chi connectivity index (χ2v) is 6.83. The number of aromatic amines is 1. The summed E-state index contributed by atoms with van der Waals surface area (Å²) in [6.07, 6.45) is -0.350. The number of H-pyrrole nitrogens is 1. The smallest absolute Gasteiger partial charge is 0.409 e. The molecule has 0 atom stereocenters. The predicted molar refractivity (Wildman–Crippen MR) is 106 cm³/mol. The number of aryl methyl sites for hydroxylation is 1. The molecule has 1 N–H and O–H groups in total. The minimum absolute atomic E-state index is 0.148. The third kappa shape index (κ3) is 2.90. The Morgan fingerprint density at radius 3 is 2.46 bits per heavy atom. The molecule has 1 fully saturated rings. The number of nitrogens with zero attached hydrogens (tertiary/aromatic N) is 3. The molecule has 3 aromatic rings. The van der Waals surface area contributed by atoms with Crippen LogP contribution in [0.5, 0.6) is 0 Å². The summed E-state index contributed by atoms with van der Waals surface area (Å²) < 4.78 is 6.80. The fraction of sp³-hybridized carbons (Fsp3) is 0.350. The van der Waals surface area contributed by atoms with Gasteiger partial charge in [0.05, 0.1) is 23.0 Å². The van der Waals surface area contributed by atoms with E-state index in [1.54, 1.807) is 34.4 Å².